The Morgan fingerprint density at radius 2 is 1.83 bits per heavy atom. The van der Waals surface area contributed by atoms with Gasteiger partial charge in [0, 0.05) is 4.47 Å². The van der Waals surface area contributed by atoms with Gasteiger partial charge in [-0.1, -0.05) is 41.1 Å². The fourth-order valence-corrected chi connectivity index (χ4v) is 2.58. The lowest BCUT2D eigenvalue weighted by atomic mass is 9.99. The van der Waals surface area contributed by atoms with Gasteiger partial charge < -0.3 is 10.1 Å². The Morgan fingerprint density at radius 1 is 1.13 bits per heavy atom. The van der Waals surface area contributed by atoms with Crippen molar-refractivity contribution in [3.63, 3.8) is 0 Å². The van der Waals surface area contributed by atoms with Crippen LogP contribution in [0.1, 0.15) is 36.1 Å². The second-order valence-electron chi connectivity index (χ2n) is 5.61. The van der Waals surface area contributed by atoms with Crippen LogP contribution < -0.4 is 10.1 Å². The molecule has 1 atom stereocenters. The molecule has 0 aliphatic rings. The zero-order valence-corrected chi connectivity index (χ0v) is 15.3. The van der Waals surface area contributed by atoms with E-state index in [4.69, 9.17) is 4.74 Å². The van der Waals surface area contributed by atoms with Crippen LogP contribution >= 0.6 is 15.9 Å². The molecule has 1 N–H and O–H groups in total. The maximum Gasteiger partial charge on any atom is 0.258 e. The summed E-state index contributed by atoms with van der Waals surface area (Å²) in [4.78, 5) is 12.1. The molecule has 2 rings (SSSR count). The lowest BCUT2D eigenvalue weighted by molar-refractivity contribution is -0.123. The average molecular weight is 376 g/mol. The third-order valence-corrected chi connectivity index (χ3v) is 4.39. The number of halogens is 1. The Labute approximate surface area is 146 Å². The van der Waals surface area contributed by atoms with Crippen molar-refractivity contribution in [3.05, 3.63) is 63.6 Å². The van der Waals surface area contributed by atoms with Crippen LogP contribution in [-0.2, 0) is 4.79 Å². The third kappa shape index (κ3) is 5.10. The number of rotatable bonds is 6. The van der Waals surface area contributed by atoms with E-state index in [0.717, 1.165) is 16.5 Å². The zero-order chi connectivity index (χ0) is 16.8. The minimum Gasteiger partial charge on any atom is -0.484 e. The molecule has 1 amide bonds. The molecule has 0 fully saturated rings. The maximum atomic E-state index is 12.1. The van der Waals surface area contributed by atoms with Crippen molar-refractivity contribution in [3.8, 4) is 5.75 Å². The number of carbonyl (C=O) groups is 1. The van der Waals surface area contributed by atoms with Crippen LogP contribution in [-0.4, -0.2) is 12.5 Å². The molecule has 4 heteroatoms. The van der Waals surface area contributed by atoms with Crippen molar-refractivity contribution < 1.29 is 9.53 Å². The quantitative estimate of drug-likeness (QED) is 0.793. The van der Waals surface area contributed by atoms with E-state index in [1.54, 1.807) is 0 Å². The summed E-state index contributed by atoms with van der Waals surface area (Å²) in [6, 6.07) is 13.8. The molecule has 0 aliphatic carbocycles. The molecule has 0 saturated heterocycles. The van der Waals surface area contributed by atoms with Crippen molar-refractivity contribution in [2.75, 3.05) is 6.61 Å². The fraction of sp³-hybridized carbons (Fsp3) is 0.316. The van der Waals surface area contributed by atoms with Crippen LogP contribution in [0.2, 0.25) is 0 Å². The van der Waals surface area contributed by atoms with Crippen molar-refractivity contribution >= 4 is 21.8 Å². The van der Waals surface area contributed by atoms with Crippen LogP contribution in [0.15, 0.2) is 46.9 Å². The normalized spacial score (nSPS) is 11.8. The molecule has 0 spiro atoms. The lowest BCUT2D eigenvalue weighted by Crippen LogP contribution is -2.32. The van der Waals surface area contributed by atoms with Gasteiger partial charge in [-0.05, 0) is 61.2 Å². The summed E-state index contributed by atoms with van der Waals surface area (Å²) in [6.07, 6.45) is 0.840. The number of nitrogens with one attached hydrogen (secondary N) is 1. The highest BCUT2D eigenvalue weighted by Gasteiger charge is 2.13. The molecule has 0 saturated carbocycles. The summed E-state index contributed by atoms with van der Waals surface area (Å²) < 4.78 is 6.50. The van der Waals surface area contributed by atoms with Gasteiger partial charge in [0.05, 0.1) is 6.04 Å². The highest BCUT2D eigenvalue weighted by atomic mass is 79.9. The number of ether oxygens (including phenoxy) is 1. The number of hydrogen-bond acceptors (Lipinski definition) is 2. The largest absolute Gasteiger partial charge is 0.484 e. The van der Waals surface area contributed by atoms with Crippen LogP contribution in [0.4, 0.5) is 0 Å². The highest BCUT2D eigenvalue weighted by Crippen LogP contribution is 2.20. The molecule has 3 nitrogen and oxygen atoms in total. The molecular formula is C19H22BrNO2. The van der Waals surface area contributed by atoms with Gasteiger partial charge in [0.15, 0.2) is 6.61 Å². The van der Waals surface area contributed by atoms with E-state index in [9.17, 15) is 4.79 Å². The van der Waals surface area contributed by atoms with Gasteiger partial charge in [-0.2, -0.15) is 0 Å². The van der Waals surface area contributed by atoms with Crippen LogP contribution in [0, 0.1) is 13.8 Å². The third-order valence-electron chi connectivity index (χ3n) is 3.86. The number of benzene rings is 2. The van der Waals surface area contributed by atoms with E-state index in [1.165, 1.54) is 11.1 Å². The van der Waals surface area contributed by atoms with Gasteiger partial charge in [0.25, 0.3) is 5.91 Å². The minimum atomic E-state index is -0.113. The minimum absolute atomic E-state index is 0.00955. The average Bonchev–Trinajstić information content (AvgIpc) is 2.55. The van der Waals surface area contributed by atoms with Gasteiger partial charge >= 0.3 is 0 Å². The predicted octanol–water partition coefficient (Wildman–Crippen LogP) is 4.71. The van der Waals surface area contributed by atoms with E-state index in [1.807, 2.05) is 24.3 Å². The summed E-state index contributed by atoms with van der Waals surface area (Å²) in [5.74, 6) is 0.570. The van der Waals surface area contributed by atoms with E-state index in [-0.39, 0.29) is 18.6 Å². The Morgan fingerprint density at radius 3 is 2.43 bits per heavy atom. The standard InChI is InChI=1S/C19H22BrNO2/c1-4-18(15-6-5-13(2)14(3)11-15)21-19(22)12-23-17-9-7-16(20)8-10-17/h5-11,18H,4,12H2,1-3H3,(H,21,22). The lowest BCUT2D eigenvalue weighted by Gasteiger charge is -2.19. The van der Waals surface area contributed by atoms with Crippen LogP contribution in [0.3, 0.4) is 0 Å². The van der Waals surface area contributed by atoms with Gasteiger partial charge in [-0.15, -0.1) is 0 Å². The smallest absolute Gasteiger partial charge is 0.258 e. The Balaban J connectivity index is 1.94. The summed E-state index contributed by atoms with van der Waals surface area (Å²) in [6.45, 7) is 6.26. The Bertz CT molecular complexity index is 668. The van der Waals surface area contributed by atoms with Gasteiger partial charge in [-0.3, -0.25) is 4.79 Å². The molecule has 0 radical (unpaired) electrons. The first-order valence-corrected chi connectivity index (χ1v) is 8.53. The molecular weight excluding hydrogens is 354 g/mol. The topological polar surface area (TPSA) is 38.3 Å². The maximum absolute atomic E-state index is 12.1. The summed E-state index contributed by atoms with van der Waals surface area (Å²) in [7, 11) is 0. The first-order valence-electron chi connectivity index (χ1n) is 7.74. The monoisotopic (exact) mass is 375 g/mol. The van der Waals surface area contributed by atoms with Crippen LogP contribution in [0.5, 0.6) is 5.75 Å². The van der Waals surface area contributed by atoms with Crippen molar-refractivity contribution in [2.24, 2.45) is 0 Å². The molecule has 1 unspecified atom stereocenters. The molecule has 2 aromatic carbocycles. The molecule has 0 heterocycles. The number of hydrogen-bond donors (Lipinski definition) is 1. The summed E-state index contributed by atoms with van der Waals surface area (Å²) in [5.41, 5.74) is 3.63. The second-order valence-corrected chi connectivity index (χ2v) is 6.53. The molecule has 0 bridgehead atoms. The first-order chi connectivity index (χ1) is 11.0. The Hall–Kier alpha value is -1.81. The molecule has 0 aromatic heterocycles. The first kappa shape index (κ1) is 17.5. The second kappa shape index (κ2) is 8.16. The van der Waals surface area contributed by atoms with Crippen molar-refractivity contribution in [1.82, 2.24) is 5.32 Å². The van der Waals surface area contributed by atoms with E-state index in [2.05, 4.69) is 60.2 Å². The summed E-state index contributed by atoms with van der Waals surface area (Å²) >= 11 is 3.37. The zero-order valence-electron chi connectivity index (χ0n) is 13.7. The van der Waals surface area contributed by atoms with Gasteiger partial charge in [-0.25, -0.2) is 0 Å². The molecule has 0 aliphatic heterocycles. The van der Waals surface area contributed by atoms with E-state index >= 15 is 0 Å². The van der Waals surface area contributed by atoms with Crippen molar-refractivity contribution in [2.45, 2.75) is 33.2 Å². The van der Waals surface area contributed by atoms with Crippen molar-refractivity contribution in [1.29, 1.82) is 0 Å². The fourth-order valence-electron chi connectivity index (χ4n) is 2.32. The molecule has 23 heavy (non-hydrogen) atoms. The van der Waals surface area contributed by atoms with E-state index in [0.29, 0.717) is 5.75 Å². The summed E-state index contributed by atoms with van der Waals surface area (Å²) in [5, 5.41) is 3.04. The van der Waals surface area contributed by atoms with Gasteiger partial charge in [0.1, 0.15) is 5.75 Å². The van der Waals surface area contributed by atoms with Gasteiger partial charge in [0.2, 0.25) is 0 Å². The molecule has 2 aromatic rings. The SMILES string of the molecule is CCC(NC(=O)COc1ccc(Br)cc1)c1ccc(C)c(C)c1. The number of amides is 1. The Kier molecular flexibility index (Phi) is 6.22. The van der Waals surface area contributed by atoms with Crippen LogP contribution in [0.25, 0.3) is 0 Å². The van der Waals surface area contributed by atoms with E-state index < -0.39 is 0 Å². The predicted molar refractivity (Wildman–Crippen MR) is 96.7 cm³/mol. The molecule has 122 valence electrons. The number of aryl methyl sites for hydroxylation is 2. The highest BCUT2D eigenvalue weighted by molar-refractivity contribution is 9.10. The number of carbonyl (C=O) groups excluding carboxylic acids is 1.